The minimum atomic E-state index is -0.0417. The van der Waals surface area contributed by atoms with E-state index in [2.05, 4.69) is 41.8 Å². The van der Waals surface area contributed by atoms with Crippen LogP contribution in [0.2, 0.25) is 0 Å². The third kappa shape index (κ3) is 4.27. The first kappa shape index (κ1) is 13.9. The van der Waals surface area contributed by atoms with Crippen molar-refractivity contribution in [3.63, 3.8) is 0 Å². The molecule has 1 saturated carbocycles. The van der Waals surface area contributed by atoms with Crippen LogP contribution in [0.5, 0.6) is 0 Å². The molecule has 0 radical (unpaired) electrons. The Morgan fingerprint density at radius 3 is 2.42 bits per heavy atom. The second-order valence-electron chi connectivity index (χ2n) is 5.59. The van der Waals surface area contributed by atoms with Crippen LogP contribution in [-0.4, -0.2) is 12.1 Å². The lowest BCUT2D eigenvalue weighted by Gasteiger charge is -2.24. The minimum Gasteiger partial charge on any atom is -0.335 e. The van der Waals surface area contributed by atoms with Crippen LogP contribution in [0.4, 0.5) is 4.79 Å². The molecule has 0 saturated heterocycles. The van der Waals surface area contributed by atoms with Gasteiger partial charge < -0.3 is 10.6 Å². The lowest BCUT2D eigenvalue weighted by molar-refractivity contribution is 0.229. The van der Waals surface area contributed by atoms with Gasteiger partial charge >= 0.3 is 6.03 Å². The number of urea groups is 1. The summed E-state index contributed by atoms with van der Waals surface area (Å²) in [6.07, 6.45) is 6.01. The van der Waals surface area contributed by atoms with Gasteiger partial charge in [-0.1, -0.05) is 49.1 Å². The zero-order chi connectivity index (χ0) is 13.7. The van der Waals surface area contributed by atoms with Crippen molar-refractivity contribution in [2.24, 2.45) is 0 Å². The van der Waals surface area contributed by atoms with Gasteiger partial charge in [-0.25, -0.2) is 4.79 Å². The molecule has 0 spiro atoms. The van der Waals surface area contributed by atoms with Crippen molar-refractivity contribution in [2.45, 2.75) is 58.0 Å². The molecule has 0 heterocycles. The van der Waals surface area contributed by atoms with E-state index in [1.54, 1.807) is 0 Å². The van der Waals surface area contributed by atoms with Crippen molar-refractivity contribution in [1.29, 1.82) is 0 Å². The van der Waals surface area contributed by atoms with Crippen molar-refractivity contribution in [3.8, 4) is 0 Å². The van der Waals surface area contributed by atoms with Gasteiger partial charge in [0.25, 0.3) is 0 Å². The number of rotatable bonds is 3. The Balaban J connectivity index is 1.82. The maximum atomic E-state index is 11.9. The molecule has 0 aliphatic heterocycles. The van der Waals surface area contributed by atoms with Crippen LogP contribution < -0.4 is 10.6 Å². The van der Waals surface area contributed by atoms with Gasteiger partial charge in [0.15, 0.2) is 0 Å². The van der Waals surface area contributed by atoms with E-state index in [0.717, 1.165) is 18.4 Å². The van der Waals surface area contributed by atoms with Crippen molar-refractivity contribution in [1.82, 2.24) is 10.6 Å². The summed E-state index contributed by atoms with van der Waals surface area (Å²) in [7, 11) is 0. The number of benzene rings is 1. The fourth-order valence-electron chi connectivity index (χ4n) is 2.61. The molecule has 2 amide bonds. The first-order chi connectivity index (χ1) is 9.15. The van der Waals surface area contributed by atoms with Gasteiger partial charge in [-0.3, -0.25) is 0 Å². The normalized spacial score (nSPS) is 17.8. The molecule has 2 N–H and O–H groups in total. The lowest BCUT2D eigenvalue weighted by Crippen LogP contribution is -2.43. The van der Waals surface area contributed by atoms with Crippen LogP contribution in [0.1, 0.15) is 56.2 Å². The van der Waals surface area contributed by atoms with E-state index in [1.807, 2.05) is 6.92 Å². The summed E-state index contributed by atoms with van der Waals surface area (Å²) in [4.78, 5) is 11.9. The molecule has 104 valence electrons. The smallest absolute Gasteiger partial charge is 0.315 e. The molecule has 2 rings (SSSR count). The Kier molecular flexibility index (Phi) is 4.83. The maximum Gasteiger partial charge on any atom is 0.315 e. The first-order valence-electron chi connectivity index (χ1n) is 7.29. The summed E-state index contributed by atoms with van der Waals surface area (Å²) in [6.45, 7) is 4.09. The van der Waals surface area contributed by atoms with Crippen LogP contribution in [0.25, 0.3) is 0 Å². The van der Waals surface area contributed by atoms with E-state index < -0.39 is 0 Å². The summed E-state index contributed by atoms with van der Waals surface area (Å²) >= 11 is 0. The molecular weight excluding hydrogens is 236 g/mol. The highest BCUT2D eigenvalue weighted by Gasteiger charge is 2.16. The summed E-state index contributed by atoms with van der Waals surface area (Å²) in [5.74, 6) is 0. The predicted molar refractivity (Wildman–Crippen MR) is 78.1 cm³/mol. The summed E-state index contributed by atoms with van der Waals surface area (Å²) < 4.78 is 0. The molecule has 1 aliphatic rings. The van der Waals surface area contributed by atoms with Crippen molar-refractivity contribution in [2.75, 3.05) is 0 Å². The average Bonchev–Trinajstić information content (AvgIpc) is 2.40. The van der Waals surface area contributed by atoms with Crippen LogP contribution in [0.15, 0.2) is 24.3 Å². The fourth-order valence-corrected chi connectivity index (χ4v) is 2.61. The van der Waals surface area contributed by atoms with E-state index in [9.17, 15) is 4.79 Å². The number of amides is 2. The zero-order valence-electron chi connectivity index (χ0n) is 11.9. The predicted octanol–water partition coefficient (Wildman–Crippen LogP) is 3.69. The number of hydrogen-bond donors (Lipinski definition) is 2. The molecule has 1 fully saturated rings. The van der Waals surface area contributed by atoms with Crippen LogP contribution in [-0.2, 0) is 0 Å². The molecule has 0 bridgehead atoms. The highest BCUT2D eigenvalue weighted by Crippen LogP contribution is 2.17. The van der Waals surface area contributed by atoms with E-state index >= 15 is 0 Å². The molecule has 1 atom stereocenters. The van der Waals surface area contributed by atoms with Gasteiger partial charge in [-0.15, -0.1) is 0 Å². The number of nitrogens with one attached hydrogen (secondary N) is 2. The number of aryl methyl sites for hydroxylation is 1. The monoisotopic (exact) mass is 260 g/mol. The van der Waals surface area contributed by atoms with Crippen LogP contribution in [0.3, 0.4) is 0 Å². The molecular formula is C16H24N2O. The van der Waals surface area contributed by atoms with Crippen molar-refractivity contribution < 1.29 is 4.79 Å². The van der Waals surface area contributed by atoms with Crippen LogP contribution in [0, 0.1) is 6.92 Å². The summed E-state index contributed by atoms with van der Waals surface area (Å²) in [5, 5.41) is 6.09. The molecule has 3 heteroatoms. The van der Waals surface area contributed by atoms with Crippen molar-refractivity contribution >= 4 is 6.03 Å². The summed E-state index contributed by atoms with van der Waals surface area (Å²) in [5.41, 5.74) is 2.38. The zero-order valence-corrected chi connectivity index (χ0v) is 11.9. The molecule has 19 heavy (non-hydrogen) atoms. The van der Waals surface area contributed by atoms with E-state index in [1.165, 1.54) is 24.8 Å². The molecule has 1 aromatic rings. The standard InChI is InChI=1S/C16H24N2O/c1-12-8-10-14(11-9-12)13(2)17-16(19)18-15-6-4-3-5-7-15/h8-11,13,15H,3-7H2,1-2H3,(H2,17,18,19)/t13-/m1/s1. The Bertz CT molecular complexity index is 407. The molecule has 1 aromatic carbocycles. The van der Waals surface area contributed by atoms with E-state index in [4.69, 9.17) is 0 Å². The summed E-state index contributed by atoms with van der Waals surface area (Å²) in [6, 6.07) is 8.66. The Morgan fingerprint density at radius 2 is 1.79 bits per heavy atom. The largest absolute Gasteiger partial charge is 0.335 e. The van der Waals surface area contributed by atoms with Gasteiger partial charge in [0.2, 0.25) is 0 Å². The van der Waals surface area contributed by atoms with Gasteiger partial charge in [0.1, 0.15) is 0 Å². The molecule has 0 unspecified atom stereocenters. The fraction of sp³-hybridized carbons (Fsp3) is 0.562. The third-order valence-electron chi connectivity index (χ3n) is 3.87. The highest BCUT2D eigenvalue weighted by molar-refractivity contribution is 5.74. The maximum absolute atomic E-state index is 11.9. The van der Waals surface area contributed by atoms with Gasteiger partial charge in [-0.2, -0.15) is 0 Å². The highest BCUT2D eigenvalue weighted by atomic mass is 16.2. The number of carbonyl (C=O) groups excluding carboxylic acids is 1. The molecule has 1 aliphatic carbocycles. The molecule has 0 aromatic heterocycles. The van der Waals surface area contributed by atoms with Gasteiger partial charge in [0, 0.05) is 6.04 Å². The first-order valence-corrected chi connectivity index (χ1v) is 7.29. The minimum absolute atomic E-state index is 0.0417. The van der Waals surface area contributed by atoms with E-state index in [0.29, 0.717) is 6.04 Å². The van der Waals surface area contributed by atoms with E-state index in [-0.39, 0.29) is 12.1 Å². The average molecular weight is 260 g/mol. The number of carbonyl (C=O) groups is 1. The van der Waals surface area contributed by atoms with Crippen LogP contribution >= 0.6 is 0 Å². The second kappa shape index (κ2) is 6.60. The number of hydrogen-bond acceptors (Lipinski definition) is 1. The Labute approximate surface area is 115 Å². The Hall–Kier alpha value is -1.51. The third-order valence-corrected chi connectivity index (χ3v) is 3.87. The second-order valence-corrected chi connectivity index (χ2v) is 5.59. The van der Waals surface area contributed by atoms with Crippen molar-refractivity contribution in [3.05, 3.63) is 35.4 Å². The lowest BCUT2D eigenvalue weighted by atomic mass is 9.96. The topological polar surface area (TPSA) is 41.1 Å². The quantitative estimate of drug-likeness (QED) is 0.855. The van der Waals surface area contributed by atoms with Gasteiger partial charge in [0.05, 0.1) is 6.04 Å². The molecule has 3 nitrogen and oxygen atoms in total. The SMILES string of the molecule is Cc1ccc([C@@H](C)NC(=O)NC2CCCCC2)cc1. The van der Waals surface area contributed by atoms with Gasteiger partial charge in [-0.05, 0) is 32.3 Å². The Morgan fingerprint density at radius 1 is 1.16 bits per heavy atom.